The number of hydrogen-bond acceptors (Lipinski definition) is 1. The standard InChI is InChI=1S/C10H20N.Li/c1-4-8-11-9(2)6-5-7-10(11)3;/h9-10H,1,4-8H2,2-3H3;/q-1;+1/t9-,10+;. The van der Waals surface area contributed by atoms with E-state index in [1.807, 2.05) is 0 Å². The van der Waals surface area contributed by atoms with Gasteiger partial charge in [0.1, 0.15) is 0 Å². The van der Waals surface area contributed by atoms with Gasteiger partial charge < -0.3 is 11.8 Å². The summed E-state index contributed by atoms with van der Waals surface area (Å²) in [6.07, 6.45) is 5.22. The molecule has 0 aliphatic carbocycles. The first-order valence-corrected chi connectivity index (χ1v) is 4.80. The van der Waals surface area contributed by atoms with E-state index in [4.69, 9.17) is 0 Å². The van der Waals surface area contributed by atoms with Crippen molar-refractivity contribution in [2.75, 3.05) is 6.54 Å². The summed E-state index contributed by atoms with van der Waals surface area (Å²) >= 11 is 0. The van der Waals surface area contributed by atoms with E-state index < -0.39 is 0 Å². The van der Waals surface area contributed by atoms with E-state index in [1.54, 1.807) is 0 Å². The van der Waals surface area contributed by atoms with Crippen molar-refractivity contribution in [2.24, 2.45) is 0 Å². The van der Waals surface area contributed by atoms with Crippen molar-refractivity contribution in [1.29, 1.82) is 0 Å². The van der Waals surface area contributed by atoms with E-state index in [2.05, 4.69) is 25.7 Å². The van der Waals surface area contributed by atoms with Crippen LogP contribution in [-0.2, 0) is 0 Å². The molecule has 1 nitrogen and oxygen atoms in total. The summed E-state index contributed by atoms with van der Waals surface area (Å²) < 4.78 is 0. The van der Waals surface area contributed by atoms with Crippen LogP contribution >= 0.6 is 0 Å². The van der Waals surface area contributed by atoms with Gasteiger partial charge in [0.25, 0.3) is 0 Å². The summed E-state index contributed by atoms with van der Waals surface area (Å²) in [4.78, 5) is 2.59. The predicted octanol–water partition coefficient (Wildman–Crippen LogP) is -0.523. The Bertz CT molecular complexity index is 106. The molecule has 0 saturated carbocycles. The minimum Gasteiger partial charge on any atom is -0.342 e. The molecule has 0 N–H and O–H groups in total. The van der Waals surface area contributed by atoms with Crippen LogP contribution in [0.5, 0.6) is 0 Å². The van der Waals surface area contributed by atoms with Gasteiger partial charge in [0.05, 0.1) is 0 Å². The van der Waals surface area contributed by atoms with Crippen LogP contribution in [0.1, 0.15) is 39.5 Å². The molecule has 0 aromatic heterocycles. The first-order valence-electron chi connectivity index (χ1n) is 4.80. The number of nitrogens with zero attached hydrogens (tertiary/aromatic N) is 1. The first-order chi connectivity index (χ1) is 5.25. The van der Waals surface area contributed by atoms with Gasteiger partial charge in [-0.1, -0.05) is 6.42 Å². The average Bonchev–Trinajstić information content (AvgIpc) is 1.97. The van der Waals surface area contributed by atoms with Crippen molar-refractivity contribution >= 4 is 0 Å². The molecule has 12 heavy (non-hydrogen) atoms. The molecule has 1 aliphatic heterocycles. The molecule has 1 rings (SSSR count). The number of rotatable bonds is 2. The second-order valence-electron chi connectivity index (χ2n) is 3.72. The zero-order chi connectivity index (χ0) is 8.27. The zero-order valence-corrected chi connectivity index (χ0v) is 8.84. The molecule has 0 unspecified atom stereocenters. The van der Waals surface area contributed by atoms with E-state index >= 15 is 0 Å². The monoisotopic (exact) mass is 161 g/mol. The topological polar surface area (TPSA) is 3.24 Å². The fourth-order valence-electron chi connectivity index (χ4n) is 2.10. The van der Waals surface area contributed by atoms with Crippen LogP contribution < -0.4 is 18.9 Å². The summed E-state index contributed by atoms with van der Waals surface area (Å²) in [6, 6.07) is 1.58. The SMILES string of the molecule is [CH2-]CCN1[C@H](C)CCC[C@@H]1C.[Li+]. The van der Waals surface area contributed by atoms with Crippen LogP contribution in [-0.4, -0.2) is 23.5 Å². The Balaban J connectivity index is 0.00000121. The minimum absolute atomic E-state index is 0. The third kappa shape index (κ3) is 3.13. The van der Waals surface area contributed by atoms with Crippen molar-refractivity contribution in [2.45, 2.75) is 51.6 Å². The quantitative estimate of drug-likeness (QED) is 0.389. The van der Waals surface area contributed by atoms with Crippen LogP contribution in [0.3, 0.4) is 0 Å². The van der Waals surface area contributed by atoms with E-state index in [9.17, 15) is 0 Å². The van der Waals surface area contributed by atoms with Gasteiger partial charge in [-0.3, -0.25) is 0 Å². The van der Waals surface area contributed by atoms with Crippen LogP contribution in [0.25, 0.3) is 0 Å². The second-order valence-corrected chi connectivity index (χ2v) is 3.72. The molecular formula is C10H20LiN. The van der Waals surface area contributed by atoms with Crippen LogP contribution in [0.15, 0.2) is 0 Å². The molecule has 0 bridgehead atoms. The molecule has 0 spiro atoms. The summed E-state index contributed by atoms with van der Waals surface area (Å²) in [5, 5.41) is 0. The molecule has 0 radical (unpaired) electrons. The van der Waals surface area contributed by atoms with E-state index in [1.165, 1.54) is 25.8 Å². The molecule has 1 fully saturated rings. The summed E-state index contributed by atoms with van der Waals surface area (Å²) in [5.41, 5.74) is 0. The summed E-state index contributed by atoms with van der Waals surface area (Å²) in [5.74, 6) is 0. The van der Waals surface area contributed by atoms with Gasteiger partial charge in [-0.25, -0.2) is 0 Å². The van der Waals surface area contributed by atoms with Crippen molar-refractivity contribution in [3.63, 3.8) is 0 Å². The zero-order valence-electron chi connectivity index (χ0n) is 8.84. The van der Waals surface area contributed by atoms with Crippen molar-refractivity contribution in [3.05, 3.63) is 6.92 Å². The Morgan fingerprint density at radius 1 is 1.25 bits per heavy atom. The van der Waals surface area contributed by atoms with Gasteiger partial charge in [0.2, 0.25) is 0 Å². The Labute approximate surface area is 89.1 Å². The fourth-order valence-corrected chi connectivity index (χ4v) is 2.10. The molecule has 1 saturated heterocycles. The third-order valence-corrected chi connectivity index (χ3v) is 2.79. The molecule has 0 amide bonds. The van der Waals surface area contributed by atoms with Crippen molar-refractivity contribution in [1.82, 2.24) is 4.90 Å². The van der Waals surface area contributed by atoms with Gasteiger partial charge in [-0.05, 0) is 33.2 Å². The maximum Gasteiger partial charge on any atom is 1.00 e. The maximum absolute atomic E-state index is 3.91. The van der Waals surface area contributed by atoms with E-state index in [0.29, 0.717) is 0 Å². The number of hydrogen-bond donors (Lipinski definition) is 0. The van der Waals surface area contributed by atoms with Gasteiger partial charge >= 0.3 is 18.9 Å². The molecule has 66 valence electrons. The Morgan fingerprint density at radius 3 is 2.17 bits per heavy atom. The number of piperidine rings is 1. The van der Waals surface area contributed by atoms with Gasteiger partial charge in [-0.2, -0.15) is 6.42 Å². The average molecular weight is 161 g/mol. The molecule has 2 atom stereocenters. The molecule has 2 heteroatoms. The smallest absolute Gasteiger partial charge is 0.342 e. The Morgan fingerprint density at radius 2 is 1.75 bits per heavy atom. The predicted molar refractivity (Wildman–Crippen MR) is 49.5 cm³/mol. The van der Waals surface area contributed by atoms with Gasteiger partial charge in [-0.15, -0.1) is 0 Å². The second kappa shape index (κ2) is 6.08. The van der Waals surface area contributed by atoms with E-state index in [0.717, 1.165) is 18.5 Å². The molecular weight excluding hydrogens is 141 g/mol. The van der Waals surface area contributed by atoms with Crippen LogP contribution in [0.4, 0.5) is 0 Å². The molecule has 0 aromatic rings. The Hall–Kier alpha value is 0.557. The van der Waals surface area contributed by atoms with Crippen molar-refractivity contribution < 1.29 is 18.9 Å². The van der Waals surface area contributed by atoms with Crippen LogP contribution in [0.2, 0.25) is 0 Å². The third-order valence-electron chi connectivity index (χ3n) is 2.79. The normalized spacial score (nSPS) is 31.2. The molecule has 0 aromatic carbocycles. The Kier molecular flexibility index (Phi) is 6.36. The van der Waals surface area contributed by atoms with E-state index in [-0.39, 0.29) is 18.9 Å². The molecule has 1 heterocycles. The number of likely N-dealkylation sites (tertiary alicyclic amines) is 1. The minimum atomic E-state index is 0. The largest absolute Gasteiger partial charge is 1.00 e. The summed E-state index contributed by atoms with van der Waals surface area (Å²) in [6.45, 7) is 9.77. The van der Waals surface area contributed by atoms with Gasteiger partial charge in [0.15, 0.2) is 0 Å². The first kappa shape index (κ1) is 12.6. The molecule has 1 aliphatic rings. The summed E-state index contributed by atoms with van der Waals surface area (Å²) in [7, 11) is 0. The fraction of sp³-hybridized carbons (Fsp3) is 0.900. The van der Waals surface area contributed by atoms with Gasteiger partial charge in [0, 0.05) is 12.1 Å². The van der Waals surface area contributed by atoms with Crippen LogP contribution in [0, 0.1) is 6.92 Å². The maximum atomic E-state index is 3.91. The van der Waals surface area contributed by atoms with Crippen molar-refractivity contribution in [3.8, 4) is 0 Å².